The van der Waals surface area contributed by atoms with E-state index in [1.807, 2.05) is 44.2 Å². The van der Waals surface area contributed by atoms with E-state index >= 15 is 0 Å². The third kappa shape index (κ3) is 4.43. The van der Waals surface area contributed by atoms with E-state index in [9.17, 15) is 14.7 Å². The second-order valence-corrected chi connectivity index (χ2v) is 5.82. The maximum Gasteiger partial charge on any atom is 0.313 e. The summed E-state index contributed by atoms with van der Waals surface area (Å²) in [5.41, 5.74) is 2.32. The van der Waals surface area contributed by atoms with Gasteiger partial charge in [0.15, 0.2) is 0 Å². The molecule has 2 amide bonds. The normalized spacial score (nSPS) is 11.8. The summed E-state index contributed by atoms with van der Waals surface area (Å²) in [6.07, 6.45) is 0. The Morgan fingerprint density at radius 2 is 1.58 bits per heavy atom. The molecule has 24 heavy (non-hydrogen) atoms. The lowest BCUT2D eigenvalue weighted by molar-refractivity contribution is -0.136. The Morgan fingerprint density at radius 1 is 0.958 bits per heavy atom. The van der Waals surface area contributed by atoms with Crippen molar-refractivity contribution >= 4 is 17.5 Å². The van der Waals surface area contributed by atoms with Crippen LogP contribution in [0.3, 0.4) is 0 Å². The first-order chi connectivity index (χ1) is 11.5. The molecule has 126 valence electrons. The van der Waals surface area contributed by atoms with Crippen molar-refractivity contribution in [3.63, 3.8) is 0 Å². The smallest absolute Gasteiger partial charge is 0.313 e. The standard InChI is InChI=1S/C19H22N2O3/c1-13(2)15-10-6-7-11-16(15)20-18(23)19(24)21-17(12-22)14-8-4-3-5-9-14/h3-11,13,17,22H,12H2,1-2H3,(H,20,23)(H,21,24). The highest BCUT2D eigenvalue weighted by Gasteiger charge is 2.20. The summed E-state index contributed by atoms with van der Waals surface area (Å²) in [5.74, 6) is -1.31. The van der Waals surface area contributed by atoms with Crippen LogP contribution in [-0.4, -0.2) is 23.5 Å². The molecule has 0 saturated heterocycles. The van der Waals surface area contributed by atoms with Crippen molar-refractivity contribution in [2.24, 2.45) is 0 Å². The third-order valence-electron chi connectivity index (χ3n) is 3.73. The molecule has 0 fully saturated rings. The molecule has 0 aliphatic carbocycles. The SMILES string of the molecule is CC(C)c1ccccc1NC(=O)C(=O)NC(CO)c1ccccc1. The molecular weight excluding hydrogens is 304 g/mol. The Balaban J connectivity index is 2.06. The summed E-state index contributed by atoms with van der Waals surface area (Å²) >= 11 is 0. The zero-order valence-electron chi connectivity index (χ0n) is 13.8. The molecule has 0 radical (unpaired) electrons. The van der Waals surface area contributed by atoms with Crippen LogP contribution in [0.15, 0.2) is 54.6 Å². The Kier molecular flexibility index (Phi) is 6.09. The van der Waals surface area contributed by atoms with E-state index in [0.717, 1.165) is 11.1 Å². The van der Waals surface area contributed by atoms with E-state index in [4.69, 9.17) is 0 Å². The fraction of sp³-hybridized carbons (Fsp3) is 0.263. The average Bonchev–Trinajstić information content (AvgIpc) is 2.60. The summed E-state index contributed by atoms with van der Waals surface area (Å²) in [4.78, 5) is 24.3. The molecule has 0 saturated carbocycles. The number of para-hydroxylation sites is 1. The topological polar surface area (TPSA) is 78.4 Å². The van der Waals surface area contributed by atoms with Crippen molar-refractivity contribution in [1.82, 2.24) is 5.32 Å². The lowest BCUT2D eigenvalue weighted by Gasteiger charge is -2.17. The van der Waals surface area contributed by atoms with Gasteiger partial charge in [-0.15, -0.1) is 0 Å². The molecule has 5 nitrogen and oxygen atoms in total. The number of anilines is 1. The molecule has 0 spiro atoms. The van der Waals surface area contributed by atoms with E-state index in [2.05, 4.69) is 10.6 Å². The zero-order valence-corrected chi connectivity index (χ0v) is 13.8. The molecule has 5 heteroatoms. The summed E-state index contributed by atoms with van der Waals surface area (Å²) in [5, 5.41) is 14.7. The van der Waals surface area contributed by atoms with Crippen molar-refractivity contribution in [3.05, 3.63) is 65.7 Å². The van der Waals surface area contributed by atoms with Crippen LogP contribution in [0.25, 0.3) is 0 Å². The monoisotopic (exact) mass is 326 g/mol. The zero-order chi connectivity index (χ0) is 17.5. The molecule has 2 rings (SSSR count). The Hall–Kier alpha value is -2.66. The van der Waals surface area contributed by atoms with Crippen LogP contribution in [0.2, 0.25) is 0 Å². The molecule has 2 aromatic rings. The molecule has 2 aromatic carbocycles. The summed E-state index contributed by atoms with van der Waals surface area (Å²) < 4.78 is 0. The Bertz CT molecular complexity index is 699. The van der Waals surface area contributed by atoms with Crippen LogP contribution in [0.5, 0.6) is 0 Å². The van der Waals surface area contributed by atoms with Gasteiger partial charge in [0, 0.05) is 5.69 Å². The first-order valence-corrected chi connectivity index (χ1v) is 7.89. The minimum absolute atomic E-state index is 0.221. The average molecular weight is 326 g/mol. The van der Waals surface area contributed by atoms with Crippen molar-refractivity contribution in [2.75, 3.05) is 11.9 Å². The summed E-state index contributed by atoms with van der Waals surface area (Å²) in [6, 6.07) is 15.8. The minimum atomic E-state index is -0.781. The van der Waals surface area contributed by atoms with E-state index in [0.29, 0.717) is 5.69 Å². The van der Waals surface area contributed by atoms with Crippen molar-refractivity contribution in [1.29, 1.82) is 0 Å². The van der Waals surface area contributed by atoms with Crippen LogP contribution in [0.1, 0.15) is 36.9 Å². The van der Waals surface area contributed by atoms with E-state index in [-0.39, 0.29) is 12.5 Å². The van der Waals surface area contributed by atoms with Gasteiger partial charge in [0.1, 0.15) is 0 Å². The Morgan fingerprint density at radius 3 is 2.21 bits per heavy atom. The fourth-order valence-electron chi connectivity index (χ4n) is 2.44. The predicted molar refractivity (Wildman–Crippen MR) is 93.6 cm³/mol. The predicted octanol–water partition coefficient (Wildman–Crippen LogP) is 2.60. The van der Waals surface area contributed by atoms with Crippen LogP contribution in [0, 0.1) is 0 Å². The maximum absolute atomic E-state index is 12.2. The number of benzene rings is 2. The summed E-state index contributed by atoms with van der Waals surface area (Å²) in [7, 11) is 0. The van der Waals surface area contributed by atoms with Gasteiger partial charge in [-0.3, -0.25) is 9.59 Å². The first-order valence-electron chi connectivity index (χ1n) is 7.89. The van der Waals surface area contributed by atoms with Gasteiger partial charge in [0.2, 0.25) is 0 Å². The van der Waals surface area contributed by atoms with Crippen LogP contribution >= 0.6 is 0 Å². The lowest BCUT2D eigenvalue weighted by atomic mass is 10.0. The number of hydrogen-bond acceptors (Lipinski definition) is 3. The number of amides is 2. The van der Waals surface area contributed by atoms with E-state index < -0.39 is 17.9 Å². The highest BCUT2D eigenvalue weighted by atomic mass is 16.3. The van der Waals surface area contributed by atoms with Gasteiger partial charge in [-0.25, -0.2) is 0 Å². The second kappa shape index (κ2) is 8.26. The number of hydrogen-bond donors (Lipinski definition) is 3. The summed E-state index contributed by atoms with van der Waals surface area (Å²) in [6.45, 7) is 3.75. The molecular formula is C19H22N2O3. The quantitative estimate of drug-likeness (QED) is 0.739. The number of rotatable bonds is 5. The van der Waals surface area contributed by atoms with Gasteiger partial charge in [0.05, 0.1) is 12.6 Å². The maximum atomic E-state index is 12.2. The van der Waals surface area contributed by atoms with Gasteiger partial charge in [-0.05, 0) is 23.1 Å². The third-order valence-corrected chi connectivity index (χ3v) is 3.73. The van der Waals surface area contributed by atoms with Gasteiger partial charge in [0.25, 0.3) is 0 Å². The largest absolute Gasteiger partial charge is 0.394 e. The molecule has 0 heterocycles. The number of nitrogens with one attached hydrogen (secondary N) is 2. The van der Waals surface area contributed by atoms with Crippen LogP contribution < -0.4 is 10.6 Å². The van der Waals surface area contributed by atoms with Crippen molar-refractivity contribution < 1.29 is 14.7 Å². The number of carbonyl (C=O) groups is 2. The van der Waals surface area contributed by atoms with Crippen LogP contribution in [-0.2, 0) is 9.59 Å². The number of carbonyl (C=O) groups excluding carboxylic acids is 2. The molecule has 0 bridgehead atoms. The van der Waals surface area contributed by atoms with Crippen LogP contribution in [0.4, 0.5) is 5.69 Å². The molecule has 0 aliphatic rings. The fourth-order valence-corrected chi connectivity index (χ4v) is 2.44. The van der Waals surface area contributed by atoms with Gasteiger partial charge in [-0.2, -0.15) is 0 Å². The van der Waals surface area contributed by atoms with Crippen molar-refractivity contribution in [2.45, 2.75) is 25.8 Å². The molecule has 1 atom stereocenters. The van der Waals surface area contributed by atoms with Gasteiger partial charge in [-0.1, -0.05) is 62.4 Å². The second-order valence-electron chi connectivity index (χ2n) is 5.82. The molecule has 1 unspecified atom stereocenters. The number of aliphatic hydroxyl groups is 1. The van der Waals surface area contributed by atoms with Gasteiger partial charge < -0.3 is 15.7 Å². The number of aliphatic hydroxyl groups excluding tert-OH is 1. The molecule has 3 N–H and O–H groups in total. The highest BCUT2D eigenvalue weighted by molar-refractivity contribution is 6.39. The molecule has 0 aliphatic heterocycles. The first kappa shape index (κ1) is 17.7. The van der Waals surface area contributed by atoms with Gasteiger partial charge >= 0.3 is 11.8 Å². The van der Waals surface area contributed by atoms with E-state index in [1.54, 1.807) is 24.3 Å². The van der Waals surface area contributed by atoms with E-state index in [1.165, 1.54) is 0 Å². The molecule has 0 aromatic heterocycles. The lowest BCUT2D eigenvalue weighted by Crippen LogP contribution is -2.39. The highest BCUT2D eigenvalue weighted by Crippen LogP contribution is 2.23. The Labute approximate surface area is 141 Å². The minimum Gasteiger partial charge on any atom is -0.394 e. The van der Waals surface area contributed by atoms with Crippen molar-refractivity contribution in [3.8, 4) is 0 Å².